The second kappa shape index (κ2) is 11.3. The molecule has 0 saturated carbocycles. The average Bonchev–Trinajstić information content (AvgIpc) is 3.43. The molecule has 0 fully saturated rings. The molecule has 6 rings (SSSR count). The number of aromatic nitrogens is 1. The van der Waals surface area contributed by atoms with Gasteiger partial charge in [-0.2, -0.15) is 0 Å². The average molecular weight is 609 g/mol. The van der Waals surface area contributed by atoms with Crippen molar-refractivity contribution in [2.75, 3.05) is 0 Å². The van der Waals surface area contributed by atoms with E-state index in [1.54, 1.807) is 6.21 Å². The third-order valence-electron chi connectivity index (χ3n) is 8.73. The molecule has 0 aliphatic heterocycles. The van der Waals surface area contributed by atoms with Gasteiger partial charge in [0.25, 0.3) is 0 Å². The lowest BCUT2D eigenvalue weighted by molar-refractivity contribution is 0.444. The van der Waals surface area contributed by atoms with Crippen LogP contribution in [0, 0.1) is 0 Å². The predicted molar refractivity (Wildman–Crippen MR) is 194 cm³/mol. The summed E-state index contributed by atoms with van der Waals surface area (Å²) in [6.07, 6.45) is 1.76. The fourth-order valence-corrected chi connectivity index (χ4v) is 5.91. The normalized spacial score (nSPS) is 12.9. The molecule has 0 bridgehead atoms. The van der Waals surface area contributed by atoms with Gasteiger partial charge in [0.15, 0.2) is 5.58 Å². The van der Waals surface area contributed by atoms with Crippen molar-refractivity contribution in [1.82, 2.24) is 4.98 Å². The zero-order valence-corrected chi connectivity index (χ0v) is 28.5. The third kappa shape index (κ3) is 5.97. The van der Waals surface area contributed by atoms with Crippen LogP contribution in [0.4, 0.5) is 5.69 Å². The number of phenols is 1. The van der Waals surface area contributed by atoms with E-state index in [0.29, 0.717) is 11.5 Å². The highest BCUT2D eigenvalue weighted by molar-refractivity contribution is 6.04. The van der Waals surface area contributed by atoms with Crippen molar-refractivity contribution in [3.63, 3.8) is 0 Å². The molecule has 6 aromatic rings. The lowest BCUT2D eigenvalue weighted by atomic mass is 9.79. The molecule has 0 atom stereocenters. The summed E-state index contributed by atoms with van der Waals surface area (Å²) in [5.74, 6) is 0.774. The van der Waals surface area contributed by atoms with Gasteiger partial charge in [0.2, 0.25) is 5.89 Å². The minimum Gasteiger partial charge on any atom is -0.507 e. The van der Waals surface area contributed by atoms with E-state index in [4.69, 9.17) is 14.4 Å². The molecule has 1 heterocycles. The van der Waals surface area contributed by atoms with Gasteiger partial charge in [-0.15, -0.1) is 0 Å². The highest BCUT2D eigenvalue weighted by Crippen LogP contribution is 2.41. The van der Waals surface area contributed by atoms with E-state index in [0.717, 1.165) is 44.6 Å². The summed E-state index contributed by atoms with van der Waals surface area (Å²) in [7, 11) is 0. The van der Waals surface area contributed by atoms with Crippen molar-refractivity contribution in [2.45, 2.75) is 78.6 Å². The van der Waals surface area contributed by atoms with Crippen LogP contribution < -0.4 is 0 Å². The summed E-state index contributed by atoms with van der Waals surface area (Å²) in [5.41, 5.74) is 8.79. The van der Waals surface area contributed by atoms with Crippen LogP contribution in [0.15, 0.2) is 100 Å². The van der Waals surface area contributed by atoms with Crippen molar-refractivity contribution < 1.29 is 9.52 Å². The van der Waals surface area contributed by atoms with Crippen molar-refractivity contribution >= 4 is 33.8 Å². The Bertz CT molecular complexity index is 2110. The molecule has 0 amide bonds. The molecule has 0 radical (unpaired) electrons. The molecule has 46 heavy (non-hydrogen) atoms. The molecule has 1 N–H and O–H groups in total. The number of aromatic hydroxyl groups is 1. The molecule has 0 saturated heterocycles. The molecular weight excluding hydrogens is 564 g/mol. The molecule has 0 spiro atoms. The quantitative estimate of drug-likeness (QED) is 0.203. The summed E-state index contributed by atoms with van der Waals surface area (Å²) in [5, 5.41) is 13.7. The van der Waals surface area contributed by atoms with Crippen LogP contribution >= 0.6 is 0 Å². The largest absolute Gasteiger partial charge is 0.507 e. The van der Waals surface area contributed by atoms with Gasteiger partial charge in [0, 0.05) is 22.9 Å². The SMILES string of the molecule is CC(C)(C)c1cc(C=Nc2ccccc2-c2nc3c(-c4cccc5ccccc45)cc(C(C)(C)C)cc3o2)c(O)c(C(C)(C)C)c1. The van der Waals surface area contributed by atoms with Crippen LogP contribution in [0.5, 0.6) is 5.75 Å². The van der Waals surface area contributed by atoms with Crippen LogP contribution in [0.2, 0.25) is 0 Å². The van der Waals surface area contributed by atoms with E-state index in [-0.39, 0.29) is 22.0 Å². The molecule has 234 valence electrons. The molecule has 0 aliphatic carbocycles. The molecule has 5 aromatic carbocycles. The van der Waals surface area contributed by atoms with E-state index >= 15 is 0 Å². The smallest absolute Gasteiger partial charge is 0.229 e. The molecule has 4 heteroatoms. The Kier molecular flexibility index (Phi) is 7.67. The number of oxazole rings is 1. The highest BCUT2D eigenvalue weighted by Gasteiger charge is 2.25. The first kappa shape index (κ1) is 31.3. The number of phenolic OH excluding ortho intramolecular Hbond substituents is 1. The zero-order valence-electron chi connectivity index (χ0n) is 28.5. The summed E-state index contributed by atoms with van der Waals surface area (Å²) in [6, 6.07) is 31.3. The van der Waals surface area contributed by atoms with Gasteiger partial charge in [0.05, 0.1) is 11.3 Å². The third-order valence-corrected chi connectivity index (χ3v) is 8.73. The first-order valence-corrected chi connectivity index (χ1v) is 16.1. The summed E-state index contributed by atoms with van der Waals surface area (Å²) >= 11 is 0. The van der Waals surface area contributed by atoms with Crippen LogP contribution in [0.3, 0.4) is 0 Å². The Hall–Kier alpha value is -4.70. The molecule has 0 unspecified atom stereocenters. The maximum atomic E-state index is 11.4. The minimum absolute atomic E-state index is 0.0832. The van der Waals surface area contributed by atoms with Gasteiger partial charge >= 0.3 is 0 Å². The standard InChI is InChI=1S/C42H44N2O2/c1-40(2,3)28-21-27(38(45)34(23-28)42(7,8)9)25-43-35-20-13-12-18-32(35)39-44-37-33(22-29(41(4,5)6)24-36(37)46-39)31-19-14-16-26-15-10-11-17-30(26)31/h10-25,45H,1-9H3. The van der Waals surface area contributed by atoms with Gasteiger partial charge in [-0.1, -0.05) is 123 Å². The van der Waals surface area contributed by atoms with Gasteiger partial charge in [0.1, 0.15) is 11.3 Å². The van der Waals surface area contributed by atoms with Crippen LogP contribution in [0.25, 0.3) is 44.5 Å². The van der Waals surface area contributed by atoms with Gasteiger partial charge in [-0.3, -0.25) is 4.99 Å². The second-order valence-corrected chi connectivity index (χ2v) is 15.4. The number of benzene rings is 5. The van der Waals surface area contributed by atoms with E-state index in [9.17, 15) is 5.11 Å². The van der Waals surface area contributed by atoms with Gasteiger partial charge < -0.3 is 9.52 Å². The van der Waals surface area contributed by atoms with Gasteiger partial charge in [-0.05, 0) is 74.0 Å². The first-order chi connectivity index (χ1) is 21.6. The van der Waals surface area contributed by atoms with Crippen molar-refractivity contribution in [3.05, 3.63) is 113 Å². The number of hydrogen-bond donors (Lipinski definition) is 1. The number of aliphatic imine (C=N–C) groups is 1. The zero-order chi connectivity index (χ0) is 33.0. The van der Waals surface area contributed by atoms with Crippen LogP contribution in [0.1, 0.15) is 84.6 Å². The predicted octanol–water partition coefficient (Wildman–Crippen LogP) is 11.7. The Morgan fingerprint density at radius 2 is 1.28 bits per heavy atom. The summed E-state index contributed by atoms with van der Waals surface area (Å²) in [4.78, 5) is 10.0. The fourth-order valence-electron chi connectivity index (χ4n) is 5.91. The molecule has 0 aliphatic rings. The number of rotatable bonds is 4. The van der Waals surface area contributed by atoms with Crippen molar-refractivity contribution in [2.24, 2.45) is 4.99 Å². The monoisotopic (exact) mass is 608 g/mol. The molecule has 4 nitrogen and oxygen atoms in total. The Morgan fingerprint density at radius 1 is 0.652 bits per heavy atom. The van der Waals surface area contributed by atoms with E-state index in [1.807, 2.05) is 30.3 Å². The number of fused-ring (bicyclic) bond motifs is 2. The van der Waals surface area contributed by atoms with E-state index < -0.39 is 0 Å². The number of para-hydroxylation sites is 1. The van der Waals surface area contributed by atoms with Crippen LogP contribution in [-0.2, 0) is 16.2 Å². The van der Waals surface area contributed by atoms with E-state index in [2.05, 4.69) is 123 Å². The lowest BCUT2D eigenvalue weighted by Gasteiger charge is -2.27. The number of hydrogen-bond acceptors (Lipinski definition) is 4. The van der Waals surface area contributed by atoms with Crippen molar-refractivity contribution in [1.29, 1.82) is 0 Å². The van der Waals surface area contributed by atoms with Crippen LogP contribution in [-0.4, -0.2) is 16.3 Å². The maximum Gasteiger partial charge on any atom is 0.229 e. The number of nitrogens with zero attached hydrogens (tertiary/aromatic N) is 2. The highest BCUT2D eigenvalue weighted by atomic mass is 16.3. The molecular formula is C42H44N2O2. The maximum absolute atomic E-state index is 11.4. The minimum atomic E-state index is -0.224. The Morgan fingerprint density at radius 3 is 2.00 bits per heavy atom. The lowest BCUT2D eigenvalue weighted by Crippen LogP contribution is -2.17. The van der Waals surface area contributed by atoms with E-state index in [1.165, 1.54) is 16.3 Å². The topological polar surface area (TPSA) is 58.6 Å². The van der Waals surface area contributed by atoms with Gasteiger partial charge in [-0.25, -0.2) is 4.98 Å². The summed E-state index contributed by atoms with van der Waals surface area (Å²) < 4.78 is 6.57. The van der Waals surface area contributed by atoms with Crippen molar-refractivity contribution in [3.8, 4) is 28.3 Å². The molecule has 1 aromatic heterocycles. The fraction of sp³-hybridized carbons (Fsp3) is 0.286. The Balaban J connectivity index is 1.51. The summed E-state index contributed by atoms with van der Waals surface area (Å²) in [6.45, 7) is 19.6. The first-order valence-electron chi connectivity index (χ1n) is 16.1. The Labute approximate surface area is 272 Å². The second-order valence-electron chi connectivity index (χ2n) is 15.4.